The SMILES string of the molecule is Cl.O=C(CC12CC3CC(CC(C3)C1)C2)NCC(=O)N1CCC(NCC2CC2)CC1. The van der Waals surface area contributed by atoms with Crippen molar-refractivity contribution in [3.05, 3.63) is 0 Å². The van der Waals surface area contributed by atoms with Gasteiger partial charge in [0.05, 0.1) is 6.54 Å². The number of hydrogen-bond donors (Lipinski definition) is 2. The van der Waals surface area contributed by atoms with E-state index in [1.54, 1.807) is 0 Å². The topological polar surface area (TPSA) is 61.4 Å². The van der Waals surface area contributed by atoms with Gasteiger partial charge in [0.2, 0.25) is 11.8 Å². The number of rotatable bonds is 7. The van der Waals surface area contributed by atoms with Crippen molar-refractivity contribution in [1.29, 1.82) is 0 Å². The molecule has 2 amide bonds. The van der Waals surface area contributed by atoms with Gasteiger partial charge < -0.3 is 15.5 Å². The molecule has 6 rings (SSSR count). The summed E-state index contributed by atoms with van der Waals surface area (Å²) < 4.78 is 0. The Balaban J connectivity index is 0.00000205. The number of carbonyl (C=O) groups excluding carboxylic acids is 2. The first kappa shape index (κ1) is 21.4. The number of likely N-dealkylation sites (tertiary alicyclic amines) is 1. The normalized spacial score (nSPS) is 36.0. The molecule has 1 saturated heterocycles. The molecule has 5 saturated carbocycles. The lowest BCUT2D eigenvalue weighted by Crippen LogP contribution is -2.50. The fourth-order valence-electron chi connectivity index (χ4n) is 7.18. The van der Waals surface area contributed by atoms with E-state index in [1.807, 2.05) is 4.90 Å². The highest BCUT2D eigenvalue weighted by molar-refractivity contribution is 5.85. The smallest absolute Gasteiger partial charge is 0.241 e. The van der Waals surface area contributed by atoms with Gasteiger partial charge in [-0.3, -0.25) is 9.59 Å². The van der Waals surface area contributed by atoms with Crippen LogP contribution in [0.1, 0.15) is 70.6 Å². The Morgan fingerprint density at radius 1 is 0.897 bits per heavy atom. The summed E-state index contributed by atoms with van der Waals surface area (Å²) in [5, 5.41) is 6.63. The van der Waals surface area contributed by atoms with Gasteiger partial charge in [-0.15, -0.1) is 12.4 Å². The minimum atomic E-state index is 0. The molecule has 0 radical (unpaired) electrons. The van der Waals surface area contributed by atoms with E-state index < -0.39 is 0 Å². The molecule has 1 heterocycles. The molecule has 4 bridgehead atoms. The summed E-state index contributed by atoms with van der Waals surface area (Å²) in [7, 11) is 0. The molecule has 0 aromatic rings. The average Bonchev–Trinajstić information content (AvgIpc) is 3.48. The fourth-order valence-corrected chi connectivity index (χ4v) is 7.18. The van der Waals surface area contributed by atoms with Crippen LogP contribution in [0.5, 0.6) is 0 Å². The molecule has 6 heteroatoms. The second-order valence-corrected chi connectivity index (χ2v) is 10.9. The van der Waals surface area contributed by atoms with E-state index in [-0.39, 0.29) is 36.2 Å². The third kappa shape index (κ3) is 5.10. The molecular formula is C23H38ClN3O2. The summed E-state index contributed by atoms with van der Waals surface area (Å²) in [5.41, 5.74) is 0.257. The highest BCUT2D eigenvalue weighted by Gasteiger charge is 2.51. The zero-order valence-electron chi connectivity index (χ0n) is 17.7. The number of hydrogen-bond acceptors (Lipinski definition) is 3. The van der Waals surface area contributed by atoms with Crippen molar-refractivity contribution in [3.8, 4) is 0 Å². The standard InChI is InChI=1S/C23H37N3O2.ClH/c27-21(13-23-10-17-7-18(11-23)9-19(8-17)12-23)25-15-22(28)26-5-3-20(4-6-26)24-14-16-1-2-16;/h16-20,24H,1-15H2,(H,25,27);1H. The summed E-state index contributed by atoms with van der Waals surface area (Å²) in [5.74, 6) is 3.72. The monoisotopic (exact) mass is 423 g/mol. The number of piperidine rings is 1. The van der Waals surface area contributed by atoms with Crippen molar-refractivity contribution in [1.82, 2.24) is 15.5 Å². The quantitative estimate of drug-likeness (QED) is 0.661. The van der Waals surface area contributed by atoms with Crippen molar-refractivity contribution in [3.63, 3.8) is 0 Å². The van der Waals surface area contributed by atoms with Crippen LogP contribution in [-0.4, -0.2) is 48.9 Å². The van der Waals surface area contributed by atoms with Crippen LogP contribution < -0.4 is 10.6 Å². The minimum Gasteiger partial charge on any atom is -0.347 e. The largest absolute Gasteiger partial charge is 0.347 e. The van der Waals surface area contributed by atoms with Gasteiger partial charge in [-0.05, 0) is 99.8 Å². The van der Waals surface area contributed by atoms with Crippen LogP contribution in [0.15, 0.2) is 0 Å². The molecule has 5 nitrogen and oxygen atoms in total. The van der Waals surface area contributed by atoms with Crippen LogP contribution >= 0.6 is 12.4 Å². The van der Waals surface area contributed by atoms with E-state index in [1.165, 1.54) is 51.4 Å². The Morgan fingerprint density at radius 3 is 2.03 bits per heavy atom. The van der Waals surface area contributed by atoms with E-state index in [4.69, 9.17) is 0 Å². The third-order valence-corrected chi connectivity index (χ3v) is 8.38. The first-order valence-electron chi connectivity index (χ1n) is 11.8. The number of amides is 2. The predicted octanol–water partition coefficient (Wildman–Crippen LogP) is 3.12. The maximum atomic E-state index is 12.6. The Morgan fingerprint density at radius 2 is 1.48 bits per heavy atom. The maximum Gasteiger partial charge on any atom is 0.241 e. The molecule has 0 atom stereocenters. The van der Waals surface area contributed by atoms with Crippen molar-refractivity contribution >= 4 is 24.2 Å². The molecule has 0 unspecified atom stereocenters. The van der Waals surface area contributed by atoms with E-state index in [0.717, 1.165) is 56.1 Å². The first-order chi connectivity index (χ1) is 13.6. The van der Waals surface area contributed by atoms with Gasteiger partial charge in [-0.2, -0.15) is 0 Å². The summed E-state index contributed by atoms with van der Waals surface area (Å²) in [6.07, 6.45) is 13.5. The molecule has 164 valence electrons. The highest BCUT2D eigenvalue weighted by Crippen LogP contribution is 2.61. The Bertz CT molecular complexity index is 578. The van der Waals surface area contributed by atoms with Crippen molar-refractivity contribution in [2.75, 3.05) is 26.2 Å². The van der Waals surface area contributed by atoms with Crippen molar-refractivity contribution in [2.45, 2.75) is 76.7 Å². The molecule has 0 aromatic heterocycles. The van der Waals surface area contributed by atoms with Gasteiger partial charge >= 0.3 is 0 Å². The molecule has 29 heavy (non-hydrogen) atoms. The second-order valence-electron chi connectivity index (χ2n) is 10.9. The number of nitrogens with zero attached hydrogens (tertiary/aromatic N) is 1. The molecule has 0 aromatic carbocycles. The van der Waals surface area contributed by atoms with Gasteiger partial charge in [-0.25, -0.2) is 0 Å². The van der Waals surface area contributed by atoms with E-state index in [0.29, 0.717) is 12.5 Å². The van der Waals surface area contributed by atoms with Crippen LogP contribution in [0.4, 0.5) is 0 Å². The molecule has 1 aliphatic heterocycles. The molecule has 6 aliphatic rings. The second kappa shape index (κ2) is 8.74. The zero-order chi connectivity index (χ0) is 19.1. The lowest BCUT2D eigenvalue weighted by atomic mass is 9.49. The van der Waals surface area contributed by atoms with Gasteiger partial charge in [0.1, 0.15) is 0 Å². The van der Waals surface area contributed by atoms with Gasteiger partial charge in [0.15, 0.2) is 0 Å². The molecular weight excluding hydrogens is 386 g/mol. The van der Waals surface area contributed by atoms with Crippen LogP contribution in [0, 0.1) is 29.1 Å². The Hall–Kier alpha value is -0.810. The average molecular weight is 424 g/mol. The van der Waals surface area contributed by atoms with Crippen LogP contribution in [0.3, 0.4) is 0 Å². The molecule has 6 fully saturated rings. The number of halogens is 1. The zero-order valence-corrected chi connectivity index (χ0v) is 18.5. The summed E-state index contributed by atoms with van der Waals surface area (Å²) in [6.45, 7) is 2.99. The van der Waals surface area contributed by atoms with Gasteiger partial charge in [0, 0.05) is 25.6 Å². The van der Waals surface area contributed by atoms with Crippen LogP contribution in [-0.2, 0) is 9.59 Å². The minimum absolute atomic E-state index is 0. The lowest BCUT2D eigenvalue weighted by Gasteiger charge is -2.56. The van der Waals surface area contributed by atoms with Gasteiger partial charge in [0.25, 0.3) is 0 Å². The summed E-state index contributed by atoms with van der Waals surface area (Å²) in [4.78, 5) is 27.1. The lowest BCUT2D eigenvalue weighted by molar-refractivity contribution is -0.136. The molecule has 2 N–H and O–H groups in total. The molecule has 5 aliphatic carbocycles. The predicted molar refractivity (Wildman–Crippen MR) is 116 cm³/mol. The van der Waals surface area contributed by atoms with Gasteiger partial charge in [-0.1, -0.05) is 0 Å². The highest BCUT2D eigenvalue weighted by atomic mass is 35.5. The van der Waals surface area contributed by atoms with E-state index in [9.17, 15) is 9.59 Å². The Kier molecular flexibility index (Phi) is 6.46. The number of nitrogens with one attached hydrogen (secondary N) is 2. The first-order valence-corrected chi connectivity index (χ1v) is 11.8. The van der Waals surface area contributed by atoms with Crippen LogP contribution in [0.2, 0.25) is 0 Å². The van der Waals surface area contributed by atoms with Crippen molar-refractivity contribution < 1.29 is 9.59 Å². The van der Waals surface area contributed by atoms with Crippen LogP contribution in [0.25, 0.3) is 0 Å². The Labute approximate surface area is 181 Å². The maximum absolute atomic E-state index is 12.6. The van der Waals surface area contributed by atoms with Crippen molar-refractivity contribution in [2.24, 2.45) is 29.1 Å². The van der Waals surface area contributed by atoms with E-state index in [2.05, 4.69) is 10.6 Å². The fraction of sp³-hybridized carbons (Fsp3) is 0.913. The molecule has 0 spiro atoms. The number of carbonyl (C=O) groups is 2. The van der Waals surface area contributed by atoms with E-state index >= 15 is 0 Å². The summed E-state index contributed by atoms with van der Waals surface area (Å²) >= 11 is 0. The summed E-state index contributed by atoms with van der Waals surface area (Å²) in [6, 6.07) is 0.565. The third-order valence-electron chi connectivity index (χ3n) is 8.38.